The van der Waals surface area contributed by atoms with Gasteiger partial charge in [-0.25, -0.2) is 9.97 Å². The number of aryl methyl sites for hydroxylation is 1. The van der Waals surface area contributed by atoms with Gasteiger partial charge in [0, 0.05) is 11.1 Å². The van der Waals surface area contributed by atoms with Gasteiger partial charge in [-0.05, 0) is 26.0 Å². The smallest absolute Gasteiger partial charge is 0.406 e. The van der Waals surface area contributed by atoms with E-state index in [1.54, 1.807) is 19.9 Å². The van der Waals surface area contributed by atoms with Gasteiger partial charge in [0.25, 0.3) is 0 Å². The summed E-state index contributed by atoms with van der Waals surface area (Å²) in [6, 6.07) is 5.59. The average Bonchev–Trinajstić information content (AvgIpc) is 2.32. The van der Waals surface area contributed by atoms with Crippen LogP contribution in [0.5, 0.6) is 5.75 Å². The minimum Gasteiger partial charge on any atom is -0.406 e. The molecule has 2 aromatic rings. The van der Waals surface area contributed by atoms with Gasteiger partial charge in [-0.3, -0.25) is 0 Å². The Hall–Kier alpha value is -2.31. The quantitative estimate of drug-likeness (QED) is 0.919. The molecule has 0 spiro atoms. The molecule has 4 nitrogen and oxygen atoms in total. The van der Waals surface area contributed by atoms with Crippen LogP contribution in [0.15, 0.2) is 24.3 Å². The zero-order valence-corrected chi connectivity index (χ0v) is 10.8. The number of ether oxygens (including phenoxy) is 1. The second kappa shape index (κ2) is 4.99. The Morgan fingerprint density at radius 3 is 2.50 bits per heavy atom. The van der Waals surface area contributed by atoms with E-state index in [4.69, 9.17) is 5.73 Å². The number of hydrogen-bond donors (Lipinski definition) is 1. The number of nitrogens with two attached hydrogens (primary N) is 1. The summed E-state index contributed by atoms with van der Waals surface area (Å²) in [5.41, 5.74) is 7.32. The van der Waals surface area contributed by atoms with E-state index in [0.29, 0.717) is 28.5 Å². The first-order chi connectivity index (χ1) is 9.26. The Morgan fingerprint density at radius 2 is 1.85 bits per heavy atom. The van der Waals surface area contributed by atoms with Crippen LogP contribution in [0.2, 0.25) is 0 Å². The molecule has 2 rings (SSSR count). The van der Waals surface area contributed by atoms with Crippen molar-refractivity contribution in [2.75, 3.05) is 5.73 Å². The third-order valence-electron chi connectivity index (χ3n) is 2.64. The van der Waals surface area contributed by atoms with Gasteiger partial charge >= 0.3 is 6.36 Å². The Bertz CT molecular complexity index is 641. The lowest BCUT2D eigenvalue weighted by atomic mass is 10.1. The minimum atomic E-state index is -4.73. The van der Waals surface area contributed by atoms with Crippen molar-refractivity contribution < 1.29 is 17.9 Å². The summed E-state index contributed by atoms with van der Waals surface area (Å²) >= 11 is 0. The van der Waals surface area contributed by atoms with Gasteiger partial charge in [-0.15, -0.1) is 13.2 Å². The number of nitrogens with zero attached hydrogens (tertiary/aromatic N) is 2. The molecule has 106 valence electrons. The van der Waals surface area contributed by atoms with Crippen molar-refractivity contribution in [3.8, 4) is 17.0 Å². The monoisotopic (exact) mass is 283 g/mol. The van der Waals surface area contributed by atoms with E-state index in [9.17, 15) is 13.2 Å². The molecule has 0 amide bonds. The minimum absolute atomic E-state index is 0.301. The van der Waals surface area contributed by atoms with E-state index in [0.717, 1.165) is 0 Å². The number of halogens is 3. The molecule has 1 aromatic heterocycles. The normalized spacial score (nSPS) is 11.4. The van der Waals surface area contributed by atoms with Crippen LogP contribution in [-0.4, -0.2) is 16.3 Å². The van der Waals surface area contributed by atoms with E-state index < -0.39 is 6.36 Å². The van der Waals surface area contributed by atoms with Crippen LogP contribution >= 0.6 is 0 Å². The molecule has 0 atom stereocenters. The highest BCUT2D eigenvalue weighted by molar-refractivity contribution is 5.68. The van der Waals surface area contributed by atoms with Crippen molar-refractivity contribution >= 4 is 5.82 Å². The van der Waals surface area contributed by atoms with Crippen molar-refractivity contribution in [3.05, 3.63) is 35.7 Å². The molecular formula is C13H12F3N3O. The Labute approximate surface area is 113 Å². The van der Waals surface area contributed by atoms with Crippen molar-refractivity contribution in [2.24, 2.45) is 0 Å². The zero-order valence-electron chi connectivity index (χ0n) is 10.8. The van der Waals surface area contributed by atoms with E-state index in [2.05, 4.69) is 14.7 Å². The van der Waals surface area contributed by atoms with Crippen LogP contribution in [0.3, 0.4) is 0 Å². The third-order valence-corrected chi connectivity index (χ3v) is 2.64. The first-order valence-electron chi connectivity index (χ1n) is 5.73. The second-order valence-corrected chi connectivity index (χ2v) is 4.21. The summed E-state index contributed by atoms with van der Waals surface area (Å²) in [6.45, 7) is 3.37. The SMILES string of the molecule is Cc1nc(N)c(C)c(-c2cccc(OC(F)(F)F)c2)n1. The zero-order chi connectivity index (χ0) is 14.9. The highest BCUT2D eigenvalue weighted by atomic mass is 19.4. The standard InChI is InChI=1S/C13H12F3N3O/c1-7-11(18-8(2)19-12(7)17)9-4-3-5-10(6-9)20-13(14,15)16/h3-6H,1-2H3,(H2,17,18,19). The third kappa shape index (κ3) is 3.17. The maximum absolute atomic E-state index is 12.2. The van der Waals surface area contributed by atoms with Gasteiger partial charge in [-0.1, -0.05) is 12.1 Å². The number of nitrogen functional groups attached to an aromatic ring is 1. The molecule has 0 aliphatic carbocycles. The summed E-state index contributed by atoms with van der Waals surface area (Å²) in [5.74, 6) is 0.448. The van der Waals surface area contributed by atoms with Gasteiger partial charge in [-0.2, -0.15) is 0 Å². The van der Waals surface area contributed by atoms with Crippen molar-refractivity contribution in [1.82, 2.24) is 9.97 Å². The van der Waals surface area contributed by atoms with Gasteiger partial charge in [0.15, 0.2) is 0 Å². The van der Waals surface area contributed by atoms with Crippen LogP contribution in [0.4, 0.5) is 19.0 Å². The number of rotatable bonds is 2. The Morgan fingerprint density at radius 1 is 1.15 bits per heavy atom. The van der Waals surface area contributed by atoms with Gasteiger partial charge < -0.3 is 10.5 Å². The predicted molar refractivity (Wildman–Crippen MR) is 68.0 cm³/mol. The number of hydrogen-bond acceptors (Lipinski definition) is 4. The highest BCUT2D eigenvalue weighted by Gasteiger charge is 2.31. The molecule has 20 heavy (non-hydrogen) atoms. The largest absolute Gasteiger partial charge is 0.573 e. The summed E-state index contributed by atoms with van der Waals surface area (Å²) in [7, 11) is 0. The van der Waals surface area contributed by atoms with Crippen molar-refractivity contribution in [3.63, 3.8) is 0 Å². The molecule has 0 aliphatic rings. The van der Waals surface area contributed by atoms with Crippen molar-refractivity contribution in [2.45, 2.75) is 20.2 Å². The summed E-state index contributed by atoms with van der Waals surface area (Å²) in [6.07, 6.45) is -4.73. The Balaban J connectivity index is 2.46. The van der Waals surface area contributed by atoms with Gasteiger partial charge in [0.05, 0.1) is 5.69 Å². The second-order valence-electron chi connectivity index (χ2n) is 4.21. The fraction of sp³-hybridized carbons (Fsp3) is 0.231. The fourth-order valence-electron chi connectivity index (χ4n) is 1.77. The first-order valence-corrected chi connectivity index (χ1v) is 5.73. The lowest BCUT2D eigenvalue weighted by Gasteiger charge is -2.12. The van der Waals surface area contributed by atoms with E-state index in [1.165, 1.54) is 18.2 Å². The summed E-state index contributed by atoms with van der Waals surface area (Å²) < 4.78 is 40.5. The topological polar surface area (TPSA) is 61.0 Å². The average molecular weight is 283 g/mol. The lowest BCUT2D eigenvalue weighted by molar-refractivity contribution is -0.274. The van der Waals surface area contributed by atoms with Crippen LogP contribution in [-0.2, 0) is 0 Å². The maximum Gasteiger partial charge on any atom is 0.573 e. The van der Waals surface area contributed by atoms with Gasteiger partial charge in [0.1, 0.15) is 17.4 Å². The van der Waals surface area contributed by atoms with Gasteiger partial charge in [0.2, 0.25) is 0 Å². The molecule has 0 radical (unpaired) electrons. The molecule has 0 unspecified atom stereocenters. The first kappa shape index (κ1) is 14.1. The number of anilines is 1. The molecule has 7 heteroatoms. The molecule has 0 bridgehead atoms. The van der Waals surface area contributed by atoms with Crippen LogP contribution < -0.4 is 10.5 Å². The van der Waals surface area contributed by atoms with Crippen LogP contribution in [0, 0.1) is 13.8 Å². The molecule has 0 fully saturated rings. The molecule has 0 saturated heterocycles. The number of benzene rings is 1. The van der Waals surface area contributed by atoms with E-state index >= 15 is 0 Å². The lowest BCUT2D eigenvalue weighted by Crippen LogP contribution is -2.17. The van der Waals surface area contributed by atoms with Crippen LogP contribution in [0.25, 0.3) is 11.3 Å². The van der Waals surface area contributed by atoms with Crippen LogP contribution in [0.1, 0.15) is 11.4 Å². The molecule has 0 saturated carbocycles. The highest BCUT2D eigenvalue weighted by Crippen LogP contribution is 2.29. The molecule has 1 aromatic carbocycles. The Kier molecular flexibility index (Phi) is 3.52. The molecule has 1 heterocycles. The number of alkyl halides is 3. The molecular weight excluding hydrogens is 271 g/mol. The van der Waals surface area contributed by atoms with Crippen molar-refractivity contribution in [1.29, 1.82) is 0 Å². The van der Waals surface area contributed by atoms with E-state index in [-0.39, 0.29) is 5.75 Å². The fourth-order valence-corrected chi connectivity index (χ4v) is 1.77. The predicted octanol–water partition coefficient (Wildman–Crippen LogP) is 3.24. The summed E-state index contributed by atoms with van der Waals surface area (Å²) in [5, 5.41) is 0. The molecule has 2 N–H and O–H groups in total. The maximum atomic E-state index is 12.2. The number of aromatic nitrogens is 2. The van der Waals surface area contributed by atoms with E-state index in [1.807, 2.05) is 0 Å². The molecule has 0 aliphatic heterocycles. The summed E-state index contributed by atoms with van der Waals surface area (Å²) in [4.78, 5) is 8.21.